The van der Waals surface area contributed by atoms with E-state index in [0.717, 1.165) is 5.56 Å². The first kappa shape index (κ1) is 16.0. The van der Waals surface area contributed by atoms with E-state index < -0.39 is 6.10 Å². The van der Waals surface area contributed by atoms with Gasteiger partial charge in [-0.1, -0.05) is 12.1 Å². The van der Waals surface area contributed by atoms with E-state index in [2.05, 4.69) is 5.32 Å². The van der Waals surface area contributed by atoms with Crippen LogP contribution in [0.3, 0.4) is 0 Å². The van der Waals surface area contributed by atoms with Crippen LogP contribution in [0, 0.1) is 5.82 Å². The molecule has 2 N–H and O–H groups in total. The number of nitrogens with one attached hydrogen (secondary N) is 1. The Bertz CT molecular complexity index is 362. The Kier molecular flexibility index (Phi) is 7.59. The molecule has 0 fully saturated rings. The van der Waals surface area contributed by atoms with Crippen LogP contribution in [0.2, 0.25) is 0 Å². The van der Waals surface area contributed by atoms with Gasteiger partial charge >= 0.3 is 0 Å². The summed E-state index contributed by atoms with van der Waals surface area (Å²) in [7, 11) is 1.60. The molecular formula is C14H22FNO3. The molecule has 0 radical (unpaired) electrons. The molecule has 0 aromatic heterocycles. The third-order valence-electron chi connectivity index (χ3n) is 2.75. The molecule has 0 spiro atoms. The molecule has 0 saturated heterocycles. The number of ether oxygens (including phenoxy) is 2. The van der Waals surface area contributed by atoms with Crippen LogP contribution in [0.4, 0.5) is 4.39 Å². The van der Waals surface area contributed by atoms with Crippen molar-refractivity contribution in [1.82, 2.24) is 5.32 Å². The minimum Gasteiger partial charge on any atom is -0.389 e. The standard InChI is InChI=1S/C14H22FNO3/c1-11(12-4-3-5-13(15)8-12)16-9-14(17)10-19-7-6-18-2/h3-5,8,11,14,16-17H,6-7,9-10H2,1-2H3/t11-,14?/m1/s1. The van der Waals surface area contributed by atoms with Crippen LogP contribution in [0.25, 0.3) is 0 Å². The third kappa shape index (κ3) is 6.63. The molecule has 2 atom stereocenters. The highest BCUT2D eigenvalue weighted by molar-refractivity contribution is 5.19. The van der Waals surface area contributed by atoms with Crippen molar-refractivity contribution in [2.75, 3.05) is 33.5 Å². The summed E-state index contributed by atoms with van der Waals surface area (Å²) in [6.07, 6.45) is -0.590. The van der Waals surface area contributed by atoms with Crippen LogP contribution in [0.1, 0.15) is 18.5 Å². The molecule has 0 heterocycles. The van der Waals surface area contributed by atoms with Gasteiger partial charge < -0.3 is 19.9 Å². The highest BCUT2D eigenvalue weighted by atomic mass is 19.1. The van der Waals surface area contributed by atoms with Crippen molar-refractivity contribution in [3.8, 4) is 0 Å². The Labute approximate surface area is 113 Å². The van der Waals surface area contributed by atoms with E-state index in [1.165, 1.54) is 12.1 Å². The Balaban J connectivity index is 2.24. The SMILES string of the molecule is COCCOCC(O)CN[C@H](C)c1cccc(F)c1. The summed E-state index contributed by atoms with van der Waals surface area (Å²) in [5.41, 5.74) is 0.854. The van der Waals surface area contributed by atoms with Crippen molar-refractivity contribution >= 4 is 0 Å². The summed E-state index contributed by atoms with van der Waals surface area (Å²) in [5, 5.41) is 12.8. The molecule has 1 rings (SSSR count). The number of aliphatic hydroxyl groups excluding tert-OH is 1. The largest absolute Gasteiger partial charge is 0.389 e. The Hall–Kier alpha value is -1.01. The minimum atomic E-state index is -0.590. The van der Waals surface area contributed by atoms with E-state index in [-0.39, 0.29) is 18.5 Å². The first-order chi connectivity index (χ1) is 9.13. The number of benzene rings is 1. The normalized spacial score (nSPS) is 14.3. The lowest BCUT2D eigenvalue weighted by molar-refractivity contribution is 0.0130. The van der Waals surface area contributed by atoms with Crippen LogP contribution < -0.4 is 5.32 Å². The smallest absolute Gasteiger partial charge is 0.123 e. The van der Waals surface area contributed by atoms with Crippen LogP contribution in [-0.4, -0.2) is 44.7 Å². The Morgan fingerprint density at radius 2 is 2.16 bits per heavy atom. The van der Waals surface area contributed by atoms with E-state index >= 15 is 0 Å². The van der Waals surface area contributed by atoms with Crippen LogP contribution in [-0.2, 0) is 9.47 Å². The fourth-order valence-corrected chi connectivity index (χ4v) is 1.63. The molecule has 1 unspecified atom stereocenters. The molecule has 0 saturated carbocycles. The predicted octanol–water partition coefficient (Wildman–Crippen LogP) is 1.50. The first-order valence-corrected chi connectivity index (χ1v) is 6.37. The van der Waals surface area contributed by atoms with Crippen molar-refractivity contribution in [1.29, 1.82) is 0 Å². The maximum Gasteiger partial charge on any atom is 0.123 e. The molecule has 0 aliphatic rings. The average molecular weight is 271 g/mol. The van der Waals surface area contributed by atoms with E-state index in [9.17, 15) is 9.50 Å². The van der Waals surface area contributed by atoms with Crippen molar-refractivity contribution in [3.05, 3.63) is 35.6 Å². The molecular weight excluding hydrogens is 249 g/mol. The molecule has 0 aliphatic heterocycles. The van der Waals surface area contributed by atoms with Crippen molar-refractivity contribution in [3.63, 3.8) is 0 Å². The Morgan fingerprint density at radius 3 is 2.84 bits per heavy atom. The van der Waals surface area contributed by atoms with Crippen LogP contribution in [0.5, 0.6) is 0 Å². The van der Waals surface area contributed by atoms with Crippen LogP contribution >= 0.6 is 0 Å². The molecule has 108 valence electrons. The summed E-state index contributed by atoms with van der Waals surface area (Å²) in [6, 6.07) is 6.40. The molecule has 4 nitrogen and oxygen atoms in total. The Morgan fingerprint density at radius 1 is 1.37 bits per heavy atom. The van der Waals surface area contributed by atoms with Gasteiger partial charge in [-0.2, -0.15) is 0 Å². The molecule has 0 bridgehead atoms. The quantitative estimate of drug-likeness (QED) is 0.668. The van der Waals surface area contributed by atoms with Gasteiger partial charge in [0.15, 0.2) is 0 Å². The van der Waals surface area contributed by atoms with Gasteiger partial charge in [-0.25, -0.2) is 4.39 Å². The number of halogens is 1. The molecule has 1 aromatic rings. The molecule has 5 heteroatoms. The van der Waals surface area contributed by atoms with Crippen molar-refractivity contribution < 1.29 is 19.0 Å². The zero-order chi connectivity index (χ0) is 14.1. The summed E-state index contributed by atoms with van der Waals surface area (Å²) in [5.74, 6) is -0.255. The predicted molar refractivity (Wildman–Crippen MR) is 71.5 cm³/mol. The van der Waals surface area contributed by atoms with E-state index in [4.69, 9.17) is 9.47 Å². The lowest BCUT2D eigenvalue weighted by Gasteiger charge is -2.17. The fourth-order valence-electron chi connectivity index (χ4n) is 1.63. The number of rotatable bonds is 9. The third-order valence-corrected chi connectivity index (χ3v) is 2.75. The molecule has 1 aromatic carbocycles. The van der Waals surface area contributed by atoms with Gasteiger partial charge in [0, 0.05) is 19.7 Å². The second-order valence-corrected chi connectivity index (χ2v) is 4.41. The van der Waals surface area contributed by atoms with Gasteiger partial charge in [-0.05, 0) is 24.6 Å². The van der Waals surface area contributed by atoms with Crippen LogP contribution in [0.15, 0.2) is 24.3 Å². The van der Waals surface area contributed by atoms with Crippen molar-refractivity contribution in [2.45, 2.75) is 19.1 Å². The monoisotopic (exact) mass is 271 g/mol. The summed E-state index contributed by atoms with van der Waals surface area (Å²) in [6.45, 7) is 3.55. The van der Waals surface area contributed by atoms with Gasteiger partial charge in [-0.15, -0.1) is 0 Å². The average Bonchev–Trinajstić information content (AvgIpc) is 2.41. The van der Waals surface area contributed by atoms with Gasteiger partial charge in [-0.3, -0.25) is 0 Å². The maximum atomic E-state index is 13.1. The van der Waals surface area contributed by atoms with Crippen molar-refractivity contribution in [2.24, 2.45) is 0 Å². The van der Waals surface area contributed by atoms with E-state index in [0.29, 0.717) is 19.8 Å². The lowest BCUT2D eigenvalue weighted by Crippen LogP contribution is -2.32. The highest BCUT2D eigenvalue weighted by Gasteiger charge is 2.09. The number of aliphatic hydroxyl groups is 1. The lowest BCUT2D eigenvalue weighted by atomic mass is 10.1. The zero-order valence-electron chi connectivity index (χ0n) is 11.4. The number of hydrogen-bond donors (Lipinski definition) is 2. The number of hydrogen-bond acceptors (Lipinski definition) is 4. The topological polar surface area (TPSA) is 50.7 Å². The molecule has 0 aliphatic carbocycles. The highest BCUT2D eigenvalue weighted by Crippen LogP contribution is 2.13. The van der Waals surface area contributed by atoms with E-state index in [1.807, 2.05) is 13.0 Å². The van der Waals surface area contributed by atoms with E-state index in [1.54, 1.807) is 13.2 Å². The summed E-state index contributed by atoms with van der Waals surface area (Å²) in [4.78, 5) is 0. The minimum absolute atomic E-state index is 0.0238. The zero-order valence-corrected chi connectivity index (χ0v) is 11.4. The van der Waals surface area contributed by atoms with Gasteiger partial charge in [0.05, 0.1) is 25.9 Å². The summed E-state index contributed by atoms with van der Waals surface area (Å²) >= 11 is 0. The second-order valence-electron chi connectivity index (χ2n) is 4.41. The van der Waals surface area contributed by atoms with Gasteiger partial charge in [0.25, 0.3) is 0 Å². The number of methoxy groups -OCH3 is 1. The second kappa shape index (κ2) is 8.98. The first-order valence-electron chi connectivity index (χ1n) is 6.37. The molecule has 19 heavy (non-hydrogen) atoms. The van der Waals surface area contributed by atoms with Gasteiger partial charge in [0.1, 0.15) is 5.82 Å². The maximum absolute atomic E-state index is 13.1. The molecule has 0 amide bonds. The van der Waals surface area contributed by atoms with Gasteiger partial charge in [0.2, 0.25) is 0 Å². The summed E-state index contributed by atoms with van der Waals surface area (Å²) < 4.78 is 23.1. The fraction of sp³-hybridized carbons (Fsp3) is 0.571.